The van der Waals surface area contributed by atoms with Crippen LogP contribution in [0.5, 0.6) is 0 Å². The van der Waals surface area contributed by atoms with E-state index in [9.17, 15) is 9.59 Å². The number of ether oxygens (including phenoxy) is 1. The van der Waals surface area contributed by atoms with Gasteiger partial charge in [-0.15, -0.1) is 5.10 Å². The van der Waals surface area contributed by atoms with Crippen molar-refractivity contribution in [2.45, 2.75) is 26.1 Å². The van der Waals surface area contributed by atoms with Gasteiger partial charge in [0.1, 0.15) is 18.1 Å². The van der Waals surface area contributed by atoms with Crippen LogP contribution in [0.1, 0.15) is 22.7 Å². The number of hydrogen-bond donors (Lipinski definition) is 1. The zero-order valence-electron chi connectivity index (χ0n) is 19.9. The van der Waals surface area contributed by atoms with Crippen LogP contribution in [0, 0.1) is 6.92 Å². The Morgan fingerprint density at radius 1 is 1.00 bits per heavy atom. The number of para-hydroxylation sites is 1. The van der Waals surface area contributed by atoms with Crippen molar-refractivity contribution in [1.29, 1.82) is 0 Å². The number of aromatic nitrogens is 3. The Kier molecular flexibility index (Phi) is 7.84. The fourth-order valence-electron chi connectivity index (χ4n) is 4.07. The molecule has 1 atom stereocenters. The summed E-state index contributed by atoms with van der Waals surface area (Å²) in [6.07, 6.45) is 0. The molecule has 0 aliphatic rings. The third kappa shape index (κ3) is 5.73. The maximum Gasteiger partial charge on any atom is 0.247 e. The summed E-state index contributed by atoms with van der Waals surface area (Å²) in [4.78, 5) is 29.0. The van der Waals surface area contributed by atoms with Gasteiger partial charge in [-0.2, -0.15) is 0 Å². The van der Waals surface area contributed by atoms with Crippen LogP contribution < -0.4 is 5.32 Å². The van der Waals surface area contributed by atoms with Gasteiger partial charge < -0.3 is 15.0 Å². The summed E-state index contributed by atoms with van der Waals surface area (Å²) in [6, 6.07) is 24.0. The maximum absolute atomic E-state index is 13.9. The molecule has 1 N–H and O–H groups in total. The highest BCUT2D eigenvalue weighted by molar-refractivity contribution is 5.89. The van der Waals surface area contributed by atoms with Crippen LogP contribution in [0.15, 0.2) is 78.9 Å². The second-order valence-electron chi connectivity index (χ2n) is 8.29. The Balaban J connectivity index is 1.73. The molecule has 4 aromatic rings. The van der Waals surface area contributed by atoms with Crippen molar-refractivity contribution in [3.8, 4) is 0 Å². The van der Waals surface area contributed by atoms with Gasteiger partial charge in [0, 0.05) is 20.2 Å². The van der Waals surface area contributed by atoms with Crippen molar-refractivity contribution in [3.63, 3.8) is 0 Å². The molecule has 8 nitrogen and oxygen atoms in total. The molecule has 2 amide bonds. The van der Waals surface area contributed by atoms with Crippen molar-refractivity contribution >= 4 is 22.8 Å². The molecule has 4 rings (SSSR count). The molecule has 0 bridgehead atoms. The number of hydrogen-bond acceptors (Lipinski definition) is 5. The maximum atomic E-state index is 13.9. The third-order valence-corrected chi connectivity index (χ3v) is 5.87. The van der Waals surface area contributed by atoms with Gasteiger partial charge in [0.05, 0.1) is 12.1 Å². The summed E-state index contributed by atoms with van der Waals surface area (Å²) in [6.45, 7) is 2.90. The molecule has 0 spiro atoms. The number of nitrogens with one attached hydrogen (secondary N) is 1. The molecule has 3 aromatic carbocycles. The van der Waals surface area contributed by atoms with Crippen molar-refractivity contribution in [2.75, 3.05) is 20.3 Å². The minimum atomic E-state index is -0.824. The molecular weight excluding hydrogens is 442 g/mol. The lowest BCUT2D eigenvalue weighted by Crippen LogP contribution is -2.45. The van der Waals surface area contributed by atoms with Gasteiger partial charge in [-0.05, 0) is 35.7 Å². The Hall–Kier alpha value is -4.04. The van der Waals surface area contributed by atoms with E-state index >= 15 is 0 Å². The minimum absolute atomic E-state index is 0.0406. The number of benzene rings is 3. The Labute approximate surface area is 204 Å². The topological polar surface area (TPSA) is 89.4 Å². The van der Waals surface area contributed by atoms with Crippen molar-refractivity contribution in [3.05, 3.63) is 95.6 Å². The predicted molar refractivity (Wildman–Crippen MR) is 133 cm³/mol. The van der Waals surface area contributed by atoms with Crippen LogP contribution in [0.4, 0.5) is 0 Å². The monoisotopic (exact) mass is 471 g/mol. The summed E-state index contributed by atoms with van der Waals surface area (Å²) in [5, 5.41) is 11.3. The number of fused-ring (bicyclic) bond motifs is 1. The molecule has 0 unspecified atom stereocenters. The van der Waals surface area contributed by atoms with Crippen LogP contribution in [0.3, 0.4) is 0 Å². The molecule has 1 heterocycles. The second kappa shape index (κ2) is 11.4. The molecule has 0 fully saturated rings. The standard InChI is InChI=1S/C27H29N5O3/c1-20-10-6-7-13-22(20)26(27(34)28-16-17-35-2)31(18-21-11-4-3-5-12-21)25(33)19-32-24-15-9-8-14-23(24)29-30-32/h3-15,26H,16-19H2,1-2H3,(H,28,34)/t26-/m0/s1. The highest BCUT2D eigenvalue weighted by Gasteiger charge is 2.32. The van der Waals surface area contributed by atoms with Gasteiger partial charge in [-0.3, -0.25) is 9.59 Å². The fraction of sp³-hybridized carbons (Fsp3) is 0.259. The lowest BCUT2D eigenvalue weighted by Gasteiger charge is -2.32. The number of methoxy groups -OCH3 is 1. The Morgan fingerprint density at radius 2 is 1.71 bits per heavy atom. The van der Waals surface area contributed by atoms with Crippen molar-refractivity contribution < 1.29 is 14.3 Å². The van der Waals surface area contributed by atoms with Gasteiger partial charge in [0.15, 0.2) is 0 Å². The van der Waals surface area contributed by atoms with E-state index in [1.54, 1.807) is 16.7 Å². The van der Waals surface area contributed by atoms with E-state index in [1.165, 1.54) is 0 Å². The van der Waals surface area contributed by atoms with E-state index in [1.807, 2.05) is 85.8 Å². The molecule has 0 saturated heterocycles. The smallest absolute Gasteiger partial charge is 0.247 e. The van der Waals surface area contributed by atoms with Crippen molar-refractivity contribution in [1.82, 2.24) is 25.2 Å². The number of carbonyl (C=O) groups excluding carboxylic acids is 2. The first-order valence-corrected chi connectivity index (χ1v) is 11.5. The van der Waals surface area contributed by atoms with E-state index < -0.39 is 6.04 Å². The summed E-state index contributed by atoms with van der Waals surface area (Å²) < 4.78 is 6.68. The first-order valence-electron chi connectivity index (χ1n) is 11.5. The highest BCUT2D eigenvalue weighted by Crippen LogP contribution is 2.27. The Morgan fingerprint density at radius 3 is 2.49 bits per heavy atom. The van der Waals surface area contributed by atoms with E-state index in [4.69, 9.17) is 4.74 Å². The number of aryl methyl sites for hydroxylation is 1. The summed E-state index contributed by atoms with van der Waals surface area (Å²) in [5.41, 5.74) is 4.10. The summed E-state index contributed by atoms with van der Waals surface area (Å²) in [7, 11) is 1.58. The van der Waals surface area contributed by atoms with Gasteiger partial charge in [-0.25, -0.2) is 4.68 Å². The highest BCUT2D eigenvalue weighted by atomic mass is 16.5. The van der Waals surface area contributed by atoms with Crippen LogP contribution in [-0.2, 0) is 27.4 Å². The van der Waals surface area contributed by atoms with Gasteiger partial charge >= 0.3 is 0 Å². The average Bonchev–Trinajstić information content (AvgIpc) is 3.28. The molecule has 180 valence electrons. The van der Waals surface area contributed by atoms with Gasteiger partial charge in [-0.1, -0.05) is 71.9 Å². The summed E-state index contributed by atoms with van der Waals surface area (Å²) >= 11 is 0. The normalized spacial score (nSPS) is 11.8. The lowest BCUT2D eigenvalue weighted by atomic mass is 9.98. The first-order chi connectivity index (χ1) is 17.1. The molecule has 1 aromatic heterocycles. The molecule has 35 heavy (non-hydrogen) atoms. The van der Waals surface area contributed by atoms with E-state index in [0.717, 1.165) is 22.2 Å². The zero-order chi connectivity index (χ0) is 24.6. The number of rotatable bonds is 10. The minimum Gasteiger partial charge on any atom is -0.383 e. The van der Waals surface area contributed by atoms with Crippen LogP contribution >= 0.6 is 0 Å². The molecule has 0 radical (unpaired) electrons. The molecule has 0 aliphatic heterocycles. The molecule has 0 aliphatic carbocycles. The number of carbonyl (C=O) groups is 2. The molecule has 8 heteroatoms. The SMILES string of the molecule is COCCNC(=O)[C@H](c1ccccc1C)N(Cc1ccccc1)C(=O)Cn1nnc2ccccc21. The largest absolute Gasteiger partial charge is 0.383 e. The molecule has 0 saturated carbocycles. The lowest BCUT2D eigenvalue weighted by molar-refractivity contribution is -0.142. The quantitative estimate of drug-likeness (QED) is 0.359. The van der Waals surface area contributed by atoms with E-state index in [2.05, 4.69) is 15.6 Å². The number of nitrogens with zero attached hydrogens (tertiary/aromatic N) is 4. The van der Waals surface area contributed by atoms with Crippen LogP contribution in [0.2, 0.25) is 0 Å². The average molecular weight is 472 g/mol. The predicted octanol–water partition coefficient (Wildman–Crippen LogP) is 3.27. The van der Waals surface area contributed by atoms with Gasteiger partial charge in [0.25, 0.3) is 0 Å². The third-order valence-electron chi connectivity index (χ3n) is 5.87. The van der Waals surface area contributed by atoms with E-state index in [-0.39, 0.29) is 24.9 Å². The number of amides is 2. The van der Waals surface area contributed by atoms with E-state index in [0.29, 0.717) is 18.7 Å². The van der Waals surface area contributed by atoms with Crippen LogP contribution in [0.25, 0.3) is 11.0 Å². The fourth-order valence-corrected chi connectivity index (χ4v) is 4.07. The zero-order valence-corrected chi connectivity index (χ0v) is 19.9. The van der Waals surface area contributed by atoms with Gasteiger partial charge in [0.2, 0.25) is 11.8 Å². The van der Waals surface area contributed by atoms with Crippen LogP contribution in [-0.4, -0.2) is 52.0 Å². The second-order valence-corrected chi connectivity index (χ2v) is 8.29. The summed E-state index contributed by atoms with van der Waals surface area (Å²) in [5.74, 6) is -0.497. The first kappa shape index (κ1) is 24.1. The van der Waals surface area contributed by atoms with Crippen molar-refractivity contribution in [2.24, 2.45) is 0 Å². The Bertz CT molecular complexity index is 1290. The molecular formula is C27H29N5O3.